The number of nitrogens with zero attached hydrogens (tertiary/aromatic N) is 4. The second-order valence-electron chi connectivity index (χ2n) is 4.48. The van der Waals surface area contributed by atoms with Crippen LogP contribution < -0.4 is 10.6 Å². The van der Waals surface area contributed by atoms with Gasteiger partial charge in [-0.1, -0.05) is 0 Å². The zero-order valence-electron chi connectivity index (χ0n) is 12.0. The molecule has 2 rings (SSSR count). The zero-order valence-corrected chi connectivity index (χ0v) is 12.0. The Hall–Kier alpha value is -2.64. The Morgan fingerprint density at radius 3 is 2.81 bits per heavy atom. The second kappa shape index (κ2) is 6.69. The van der Waals surface area contributed by atoms with E-state index in [0.29, 0.717) is 25.3 Å². The fourth-order valence-corrected chi connectivity index (χ4v) is 1.94. The molecule has 0 saturated carbocycles. The fourth-order valence-electron chi connectivity index (χ4n) is 1.94. The average molecular weight is 290 g/mol. The normalized spacial score (nSPS) is 10.4. The summed E-state index contributed by atoms with van der Waals surface area (Å²) < 4.78 is 1.92. The number of imidazole rings is 1. The maximum atomic E-state index is 11.0. The molecule has 0 unspecified atom stereocenters. The van der Waals surface area contributed by atoms with Crippen molar-refractivity contribution in [1.29, 1.82) is 0 Å². The van der Waals surface area contributed by atoms with Crippen LogP contribution in [0.1, 0.15) is 12.7 Å². The molecule has 2 N–H and O–H groups in total. The molecule has 112 valence electrons. The summed E-state index contributed by atoms with van der Waals surface area (Å²) in [6.07, 6.45) is 4.25. The monoisotopic (exact) mass is 290 g/mol. The third kappa shape index (κ3) is 3.68. The number of rotatable bonds is 7. The van der Waals surface area contributed by atoms with E-state index < -0.39 is 4.92 Å². The van der Waals surface area contributed by atoms with Crippen LogP contribution in [0.2, 0.25) is 0 Å². The molecule has 8 nitrogen and oxygen atoms in total. The van der Waals surface area contributed by atoms with Gasteiger partial charge in [-0.05, 0) is 13.0 Å². The third-order valence-electron chi connectivity index (χ3n) is 2.99. The smallest absolute Gasteiger partial charge is 0.311 e. The Labute approximate surface area is 122 Å². The van der Waals surface area contributed by atoms with E-state index in [1.165, 1.54) is 6.07 Å². The van der Waals surface area contributed by atoms with Crippen LogP contribution in [0.15, 0.2) is 24.5 Å². The van der Waals surface area contributed by atoms with Gasteiger partial charge in [0.25, 0.3) is 0 Å². The van der Waals surface area contributed by atoms with Crippen molar-refractivity contribution in [3.8, 4) is 0 Å². The van der Waals surface area contributed by atoms with Gasteiger partial charge in [0.2, 0.25) is 5.82 Å². The SMILES string of the molecule is CCNc1ccc([N+](=O)[O-])c(NCCc2nccn2C)n1. The van der Waals surface area contributed by atoms with Gasteiger partial charge in [-0.3, -0.25) is 10.1 Å². The lowest BCUT2D eigenvalue weighted by atomic mass is 10.3. The van der Waals surface area contributed by atoms with Crippen LogP contribution in [0.4, 0.5) is 17.3 Å². The van der Waals surface area contributed by atoms with E-state index >= 15 is 0 Å². The molecule has 0 atom stereocenters. The summed E-state index contributed by atoms with van der Waals surface area (Å²) in [6, 6.07) is 3.06. The van der Waals surface area contributed by atoms with Crippen molar-refractivity contribution in [2.75, 3.05) is 23.7 Å². The summed E-state index contributed by atoms with van der Waals surface area (Å²) in [5, 5.41) is 17.1. The number of hydrogen-bond acceptors (Lipinski definition) is 6. The highest BCUT2D eigenvalue weighted by molar-refractivity contribution is 5.60. The first kappa shape index (κ1) is 14.8. The molecule has 0 aliphatic heterocycles. The molecule has 0 aromatic carbocycles. The maximum Gasteiger partial charge on any atom is 0.311 e. The summed E-state index contributed by atoms with van der Waals surface area (Å²) in [5.41, 5.74) is -0.0310. The van der Waals surface area contributed by atoms with Crippen LogP contribution in [0.25, 0.3) is 0 Å². The minimum Gasteiger partial charge on any atom is -0.370 e. The van der Waals surface area contributed by atoms with Gasteiger partial charge in [0.1, 0.15) is 11.6 Å². The molecular formula is C13H18N6O2. The van der Waals surface area contributed by atoms with Gasteiger partial charge in [-0.2, -0.15) is 0 Å². The first-order valence-corrected chi connectivity index (χ1v) is 6.71. The van der Waals surface area contributed by atoms with Gasteiger partial charge >= 0.3 is 5.69 Å². The minimum absolute atomic E-state index is 0.0310. The number of nitro groups is 1. The number of hydrogen-bond donors (Lipinski definition) is 2. The maximum absolute atomic E-state index is 11.0. The Morgan fingerprint density at radius 2 is 2.19 bits per heavy atom. The molecule has 0 saturated heterocycles. The lowest BCUT2D eigenvalue weighted by Crippen LogP contribution is -2.12. The van der Waals surface area contributed by atoms with Crippen LogP contribution in [0.5, 0.6) is 0 Å². The van der Waals surface area contributed by atoms with Crippen molar-refractivity contribution >= 4 is 17.3 Å². The predicted molar refractivity (Wildman–Crippen MR) is 80.5 cm³/mol. The van der Waals surface area contributed by atoms with Gasteiger partial charge < -0.3 is 15.2 Å². The van der Waals surface area contributed by atoms with Crippen molar-refractivity contribution in [1.82, 2.24) is 14.5 Å². The summed E-state index contributed by atoms with van der Waals surface area (Å²) in [5.74, 6) is 1.79. The van der Waals surface area contributed by atoms with Crippen molar-refractivity contribution in [3.05, 3.63) is 40.5 Å². The highest BCUT2D eigenvalue weighted by Crippen LogP contribution is 2.23. The molecule has 0 aliphatic carbocycles. The predicted octanol–water partition coefficient (Wildman–Crippen LogP) is 1.81. The van der Waals surface area contributed by atoms with Crippen LogP contribution >= 0.6 is 0 Å². The third-order valence-corrected chi connectivity index (χ3v) is 2.99. The zero-order chi connectivity index (χ0) is 15.2. The van der Waals surface area contributed by atoms with Crippen molar-refractivity contribution in [3.63, 3.8) is 0 Å². The van der Waals surface area contributed by atoms with Gasteiger partial charge in [-0.25, -0.2) is 9.97 Å². The van der Waals surface area contributed by atoms with Crippen LogP contribution in [-0.2, 0) is 13.5 Å². The first-order valence-electron chi connectivity index (χ1n) is 6.71. The number of nitrogens with one attached hydrogen (secondary N) is 2. The molecule has 2 heterocycles. The standard InChI is InChI=1S/C13H18N6O2/c1-3-14-11-5-4-10(19(20)21)13(17-11)16-7-6-12-15-8-9-18(12)2/h4-5,8-9H,3,6-7H2,1-2H3,(H2,14,16,17). The van der Waals surface area contributed by atoms with Crippen LogP contribution in [0.3, 0.4) is 0 Å². The van der Waals surface area contributed by atoms with E-state index in [1.54, 1.807) is 12.3 Å². The number of pyridine rings is 1. The van der Waals surface area contributed by atoms with Gasteiger partial charge in [-0.15, -0.1) is 0 Å². The van der Waals surface area contributed by atoms with Crippen LogP contribution in [-0.4, -0.2) is 32.5 Å². The van der Waals surface area contributed by atoms with E-state index in [9.17, 15) is 10.1 Å². The van der Waals surface area contributed by atoms with E-state index in [2.05, 4.69) is 20.6 Å². The highest BCUT2D eigenvalue weighted by atomic mass is 16.6. The molecule has 2 aromatic rings. The summed E-state index contributed by atoms with van der Waals surface area (Å²) in [7, 11) is 1.91. The molecule has 0 bridgehead atoms. The summed E-state index contributed by atoms with van der Waals surface area (Å²) in [4.78, 5) is 19.0. The number of aryl methyl sites for hydroxylation is 1. The van der Waals surface area contributed by atoms with Gasteiger partial charge in [0, 0.05) is 45.0 Å². The Bertz CT molecular complexity index is 625. The molecular weight excluding hydrogens is 272 g/mol. The fraction of sp³-hybridized carbons (Fsp3) is 0.385. The largest absolute Gasteiger partial charge is 0.370 e. The summed E-state index contributed by atoms with van der Waals surface area (Å²) >= 11 is 0. The molecule has 0 amide bonds. The number of anilines is 2. The molecule has 0 spiro atoms. The van der Waals surface area contributed by atoms with Gasteiger partial charge in [0.15, 0.2) is 0 Å². The Kier molecular flexibility index (Phi) is 4.70. The Morgan fingerprint density at radius 1 is 1.38 bits per heavy atom. The molecule has 2 aromatic heterocycles. The highest BCUT2D eigenvalue weighted by Gasteiger charge is 2.15. The van der Waals surface area contributed by atoms with E-state index in [4.69, 9.17) is 0 Å². The van der Waals surface area contributed by atoms with Crippen LogP contribution in [0, 0.1) is 10.1 Å². The molecule has 0 radical (unpaired) electrons. The molecule has 21 heavy (non-hydrogen) atoms. The number of aromatic nitrogens is 3. The van der Waals surface area contributed by atoms with E-state index in [1.807, 2.05) is 24.7 Å². The van der Waals surface area contributed by atoms with E-state index in [0.717, 1.165) is 5.82 Å². The summed E-state index contributed by atoms with van der Waals surface area (Å²) in [6.45, 7) is 3.17. The quantitative estimate of drug-likeness (QED) is 0.596. The van der Waals surface area contributed by atoms with Crippen molar-refractivity contribution in [2.24, 2.45) is 7.05 Å². The molecule has 8 heteroatoms. The topological polar surface area (TPSA) is 97.9 Å². The van der Waals surface area contributed by atoms with E-state index in [-0.39, 0.29) is 11.5 Å². The molecule has 0 aliphatic rings. The Balaban J connectivity index is 2.07. The molecule has 0 fully saturated rings. The van der Waals surface area contributed by atoms with Crippen molar-refractivity contribution < 1.29 is 4.92 Å². The second-order valence-corrected chi connectivity index (χ2v) is 4.48. The lowest BCUT2D eigenvalue weighted by molar-refractivity contribution is -0.384. The first-order chi connectivity index (χ1) is 10.1. The average Bonchev–Trinajstić information content (AvgIpc) is 2.85. The lowest BCUT2D eigenvalue weighted by Gasteiger charge is -2.09. The minimum atomic E-state index is -0.439. The van der Waals surface area contributed by atoms with Gasteiger partial charge in [0.05, 0.1) is 4.92 Å². The van der Waals surface area contributed by atoms with Crippen molar-refractivity contribution in [2.45, 2.75) is 13.3 Å².